The Balaban J connectivity index is 1.17. The summed E-state index contributed by atoms with van der Waals surface area (Å²) in [7, 11) is 0. The zero-order valence-corrected chi connectivity index (χ0v) is 31.2. The highest BCUT2D eigenvalue weighted by Crippen LogP contribution is 2.64. The van der Waals surface area contributed by atoms with Crippen molar-refractivity contribution in [2.45, 2.75) is 37.2 Å². The van der Waals surface area contributed by atoms with Crippen molar-refractivity contribution in [2.24, 2.45) is 23.7 Å². The number of phenols is 2. The Morgan fingerprint density at radius 3 is 2.11 bits per heavy atom. The van der Waals surface area contributed by atoms with Gasteiger partial charge in [-0.15, -0.1) is 0 Å². The fourth-order valence-corrected chi connectivity index (χ4v) is 10.0. The summed E-state index contributed by atoms with van der Waals surface area (Å²) in [4.78, 5) is 60.5. The molecule has 3 aliphatic carbocycles. The molecule has 0 radical (unpaired) electrons. The van der Waals surface area contributed by atoms with Crippen LogP contribution in [0.1, 0.15) is 46.6 Å². The summed E-state index contributed by atoms with van der Waals surface area (Å²) in [6, 6.07) is 40.0. The highest BCUT2D eigenvalue weighted by atomic mass is 16.5. The number of fused-ring (bicyclic) bond motifs is 4. The fourth-order valence-electron chi connectivity index (χ4n) is 10.0. The molecule has 1 heterocycles. The Morgan fingerprint density at radius 1 is 0.719 bits per heavy atom. The Bertz CT molecular complexity index is 2440. The second-order valence-electron chi connectivity index (χ2n) is 15.5. The molecule has 6 atom stereocenters. The third-order valence-corrected chi connectivity index (χ3v) is 12.6. The molecule has 0 bridgehead atoms. The van der Waals surface area contributed by atoms with Gasteiger partial charge in [-0.3, -0.25) is 24.1 Å². The molecule has 2 amide bonds. The number of amides is 2. The van der Waals surface area contributed by atoms with Crippen molar-refractivity contribution in [2.75, 3.05) is 6.54 Å². The molecule has 4 aliphatic rings. The minimum atomic E-state index is -1.46. The van der Waals surface area contributed by atoms with Gasteiger partial charge in [-0.1, -0.05) is 121 Å². The molecule has 8 nitrogen and oxygen atoms in total. The number of ketones is 2. The third kappa shape index (κ3) is 6.07. The van der Waals surface area contributed by atoms with Gasteiger partial charge in [-0.25, -0.2) is 0 Å². The number of hydrogen-bond acceptors (Lipinski definition) is 7. The number of likely N-dealkylation sites (tertiary alicyclic amines) is 1. The summed E-state index contributed by atoms with van der Waals surface area (Å²) in [5, 5.41) is 21.8. The molecule has 1 aliphatic heterocycles. The Hall–Kier alpha value is -6.54. The van der Waals surface area contributed by atoms with Gasteiger partial charge in [0.1, 0.15) is 23.9 Å². The van der Waals surface area contributed by atoms with Gasteiger partial charge in [-0.05, 0) is 71.7 Å². The molecule has 8 heteroatoms. The van der Waals surface area contributed by atoms with E-state index in [1.807, 2.05) is 97.1 Å². The van der Waals surface area contributed by atoms with Crippen molar-refractivity contribution in [1.82, 2.24) is 4.90 Å². The molecule has 2 N–H and O–H groups in total. The average molecular weight is 756 g/mol. The summed E-state index contributed by atoms with van der Waals surface area (Å²) < 4.78 is 6.09. The first-order valence-electron chi connectivity index (χ1n) is 19.5. The largest absolute Gasteiger partial charge is 0.508 e. The van der Waals surface area contributed by atoms with Crippen LogP contribution < -0.4 is 4.74 Å². The molecule has 9 rings (SSSR count). The summed E-state index contributed by atoms with van der Waals surface area (Å²) in [6.45, 7) is 0.469. The van der Waals surface area contributed by atoms with Gasteiger partial charge in [0.15, 0.2) is 11.6 Å². The van der Waals surface area contributed by atoms with Crippen LogP contribution in [0.3, 0.4) is 0 Å². The minimum Gasteiger partial charge on any atom is -0.508 e. The van der Waals surface area contributed by atoms with Crippen LogP contribution in [0.4, 0.5) is 0 Å². The number of rotatable bonds is 9. The number of hydrogen-bond donors (Lipinski definition) is 2. The van der Waals surface area contributed by atoms with Gasteiger partial charge < -0.3 is 14.9 Å². The lowest BCUT2D eigenvalue weighted by molar-refractivity contribution is -0.140. The molecular formula is C49H41NO7. The SMILES string of the molecule is O=C1C(c2ccccc2)=CC(=O)C2(c3ccccc3)C1CC1C(=CCC3C(=O)N(CCc4ccc(O)cc4)C(=O)C31)C2c1ccc(OCc2ccccc2)cc1O. The molecule has 6 unspecified atom stereocenters. The molecule has 1 saturated heterocycles. The number of carbonyl (C=O) groups excluding carboxylic acids is 4. The molecular weight excluding hydrogens is 715 g/mol. The summed E-state index contributed by atoms with van der Waals surface area (Å²) in [6.07, 6.45) is 4.37. The first-order valence-corrected chi connectivity index (χ1v) is 19.5. The fraction of sp³-hybridized carbons (Fsp3) is 0.224. The van der Waals surface area contributed by atoms with E-state index in [9.17, 15) is 19.8 Å². The van der Waals surface area contributed by atoms with E-state index in [4.69, 9.17) is 4.74 Å². The predicted octanol–water partition coefficient (Wildman–Crippen LogP) is 7.74. The molecule has 0 aromatic heterocycles. The number of carbonyl (C=O) groups is 4. The summed E-state index contributed by atoms with van der Waals surface area (Å²) in [5.74, 6) is -4.16. The first kappa shape index (κ1) is 36.1. The van der Waals surface area contributed by atoms with Crippen molar-refractivity contribution in [3.8, 4) is 17.2 Å². The number of nitrogens with zero attached hydrogens (tertiary/aromatic N) is 1. The van der Waals surface area contributed by atoms with Crippen LogP contribution in [-0.2, 0) is 37.6 Å². The van der Waals surface area contributed by atoms with E-state index in [0.717, 1.165) is 16.7 Å². The van der Waals surface area contributed by atoms with E-state index in [1.54, 1.807) is 42.5 Å². The van der Waals surface area contributed by atoms with Crippen LogP contribution >= 0.6 is 0 Å². The molecule has 57 heavy (non-hydrogen) atoms. The topological polar surface area (TPSA) is 121 Å². The van der Waals surface area contributed by atoms with E-state index in [0.29, 0.717) is 34.4 Å². The van der Waals surface area contributed by atoms with E-state index in [-0.39, 0.29) is 60.9 Å². The third-order valence-electron chi connectivity index (χ3n) is 12.6. The van der Waals surface area contributed by atoms with Crippen LogP contribution in [-0.4, -0.2) is 45.0 Å². The normalized spacial score (nSPS) is 25.3. The van der Waals surface area contributed by atoms with Crippen molar-refractivity contribution in [3.63, 3.8) is 0 Å². The van der Waals surface area contributed by atoms with Crippen LogP contribution in [0.15, 0.2) is 151 Å². The monoisotopic (exact) mass is 755 g/mol. The lowest BCUT2D eigenvalue weighted by atomic mass is 9.44. The van der Waals surface area contributed by atoms with Gasteiger partial charge in [0.25, 0.3) is 0 Å². The maximum absolute atomic E-state index is 15.3. The number of aromatic hydroxyl groups is 2. The maximum atomic E-state index is 15.3. The molecule has 284 valence electrons. The van der Waals surface area contributed by atoms with Crippen molar-refractivity contribution >= 4 is 29.0 Å². The van der Waals surface area contributed by atoms with E-state index >= 15 is 9.59 Å². The number of Topliss-reactive ketones (excluding diaryl/α,β-unsaturated/α-hetero) is 1. The Morgan fingerprint density at radius 2 is 1.40 bits per heavy atom. The van der Waals surface area contributed by atoms with Gasteiger partial charge >= 0.3 is 0 Å². The quantitative estimate of drug-likeness (QED) is 0.117. The number of benzene rings is 5. The van der Waals surface area contributed by atoms with Crippen LogP contribution in [0.5, 0.6) is 17.2 Å². The summed E-state index contributed by atoms with van der Waals surface area (Å²) >= 11 is 0. The highest BCUT2D eigenvalue weighted by molar-refractivity contribution is 6.31. The molecule has 1 saturated carbocycles. The van der Waals surface area contributed by atoms with Crippen molar-refractivity contribution in [3.05, 3.63) is 179 Å². The van der Waals surface area contributed by atoms with Gasteiger partial charge in [0, 0.05) is 35.6 Å². The van der Waals surface area contributed by atoms with E-state index in [1.165, 1.54) is 11.0 Å². The second kappa shape index (κ2) is 14.5. The zero-order valence-electron chi connectivity index (χ0n) is 31.2. The molecule has 5 aromatic carbocycles. The minimum absolute atomic E-state index is 0.0919. The lowest BCUT2D eigenvalue weighted by Gasteiger charge is -2.55. The first-order chi connectivity index (χ1) is 27.8. The Kier molecular flexibility index (Phi) is 9.20. The zero-order chi connectivity index (χ0) is 39.3. The summed E-state index contributed by atoms with van der Waals surface area (Å²) in [5.41, 5.74) is 3.21. The van der Waals surface area contributed by atoms with E-state index in [2.05, 4.69) is 0 Å². The van der Waals surface area contributed by atoms with Gasteiger partial charge in [0.05, 0.1) is 17.3 Å². The molecule has 0 spiro atoms. The second-order valence-corrected chi connectivity index (χ2v) is 15.5. The molecule has 2 fully saturated rings. The number of imide groups is 1. The van der Waals surface area contributed by atoms with Gasteiger partial charge in [0.2, 0.25) is 11.8 Å². The number of allylic oxidation sites excluding steroid dienone is 4. The number of ether oxygens (including phenoxy) is 1. The van der Waals surface area contributed by atoms with Crippen molar-refractivity contribution < 1.29 is 34.1 Å². The van der Waals surface area contributed by atoms with Crippen molar-refractivity contribution in [1.29, 1.82) is 0 Å². The predicted molar refractivity (Wildman–Crippen MR) is 214 cm³/mol. The van der Waals surface area contributed by atoms with E-state index < -0.39 is 35.0 Å². The lowest BCUT2D eigenvalue weighted by Crippen LogP contribution is -2.58. The van der Waals surface area contributed by atoms with Crippen LogP contribution in [0.25, 0.3) is 5.57 Å². The smallest absolute Gasteiger partial charge is 0.233 e. The number of phenolic OH excluding ortho intramolecular Hbond substituents is 2. The standard InChI is InChI=1S/C49H41NO7/c51-34-18-16-30(17-19-34)24-25-50-47(55)38-23-22-36-40(44(38)48(50)56)27-41-46(54)39(32-12-6-2-7-13-32)28-43(53)49(41,33-14-8-3-9-15-33)45(36)37-21-20-35(26-42(37)52)57-29-31-10-4-1-5-11-31/h1-22,26,28,38,40-41,44-45,51-52H,23-25,27,29H2. The average Bonchev–Trinajstić information content (AvgIpc) is 3.49. The van der Waals surface area contributed by atoms with Gasteiger partial charge in [-0.2, -0.15) is 0 Å². The molecule has 5 aromatic rings. The Labute approximate surface area is 330 Å². The van der Waals surface area contributed by atoms with Crippen LogP contribution in [0, 0.1) is 23.7 Å². The van der Waals surface area contributed by atoms with Crippen LogP contribution in [0.2, 0.25) is 0 Å². The highest BCUT2D eigenvalue weighted by Gasteiger charge is 2.66. The maximum Gasteiger partial charge on any atom is 0.233 e.